The fraction of sp³-hybridized carbons (Fsp3) is 0.150. The summed E-state index contributed by atoms with van der Waals surface area (Å²) in [7, 11) is 0. The SMILES string of the molecule is CC(C)N(C(=O)/C(C#N)=C/c1ccc(Cl)c(Cl)c1)c1ccc2[nH]c(=S)sc2c1. The van der Waals surface area contributed by atoms with E-state index in [1.807, 2.05) is 38.1 Å². The highest BCUT2D eigenvalue weighted by molar-refractivity contribution is 7.73. The molecule has 0 aliphatic heterocycles. The van der Waals surface area contributed by atoms with Crippen LogP contribution in [0.15, 0.2) is 42.0 Å². The van der Waals surface area contributed by atoms with Gasteiger partial charge in [-0.3, -0.25) is 4.79 Å². The van der Waals surface area contributed by atoms with E-state index in [1.165, 1.54) is 17.4 Å². The third-order valence-electron chi connectivity index (χ3n) is 4.02. The molecule has 1 N–H and O–H groups in total. The number of nitrogens with one attached hydrogen (secondary N) is 1. The van der Waals surface area contributed by atoms with Crippen LogP contribution in [0.3, 0.4) is 0 Å². The molecule has 1 aromatic heterocycles. The first kappa shape index (κ1) is 20.6. The average molecular weight is 448 g/mol. The van der Waals surface area contributed by atoms with Crippen LogP contribution in [0, 0.1) is 15.3 Å². The number of H-pyrrole nitrogens is 1. The van der Waals surface area contributed by atoms with E-state index in [1.54, 1.807) is 23.1 Å². The van der Waals surface area contributed by atoms with Crippen LogP contribution in [-0.2, 0) is 4.79 Å². The number of benzene rings is 2. The number of halogens is 2. The molecule has 0 bridgehead atoms. The first-order chi connectivity index (χ1) is 13.3. The summed E-state index contributed by atoms with van der Waals surface area (Å²) in [6.07, 6.45) is 1.51. The van der Waals surface area contributed by atoms with Crippen molar-refractivity contribution in [2.24, 2.45) is 0 Å². The third-order valence-corrected chi connectivity index (χ3v) is 5.96. The Hall–Kier alpha value is -2.17. The number of rotatable bonds is 4. The van der Waals surface area contributed by atoms with Gasteiger partial charge in [0.2, 0.25) is 0 Å². The molecule has 0 atom stereocenters. The molecule has 2 aromatic carbocycles. The molecule has 1 amide bonds. The Balaban J connectivity index is 2.02. The Morgan fingerprint density at radius 3 is 2.64 bits per heavy atom. The van der Waals surface area contributed by atoms with Crippen molar-refractivity contribution in [3.05, 3.63) is 61.5 Å². The number of carbonyl (C=O) groups is 1. The van der Waals surface area contributed by atoms with E-state index >= 15 is 0 Å². The van der Waals surface area contributed by atoms with Gasteiger partial charge in [-0.2, -0.15) is 5.26 Å². The highest BCUT2D eigenvalue weighted by Crippen LogP contribution is 2.28. The van der Waals surface area contributed by atoms with Gasteiger partial charge in [0.25, 0.3) is 5.91 Å². The van der Waals surface area contributed by atoms with Crippen LogP contribution in [0.4, 0.5) is 5.69 Å². The molecule has 0 spiro atoms. The Kier molecular flexibility index (Phi) is 6.21. The number of carbonyl (C=O) groups excluding carboxylic acids is 1. The Morgan fingerprint density at radius 1 is 1.25 bits per heavy atom. The number of amides is 1. The topological polar surface area (TPSA) is 59.9 Å². The number of nitriles is 1. The van der Waals surface area contributed by atoms with E-state index < -0.39 is 0 Å². The van der Waals surface area contributed by atoms with Crippen molar-refractivity contribution >= 4 is 74.6 Å². The molecule has 28 heavy (non-hydrogen) atoms. The zero-order valence-corrected chi connectivity index (χ0v) is 18.1. The van der Waals surface area contributed by atoms with E-state index in [0.29, 0.717) is 25.3 Å². The van der Waals surface area contributed by atoms with Gasteiger partial charge in [-0.25, -0.2) is 0 Å². The molecule has 0 radical (unpaired) electrons. The smallest absolute Gasteiger partial charge is 0.269 e. The van der Waals surface area contributed by atoms with Crippen molar-refractivity contribution in [3.8, 4) is 6.07 Å². The van der Waals surface area contributed by atoms with Crippen molar-refractivity contribution in [1.29, 1.82) is 5.26 Å². The fourth-order valence-electron chi connectivity index (χ4n) is 2.77. The van der Waals surface area contributed by atoms with Gasteiger partial charge >= 0.3 is 0 Å². The summed E-state index contributed by atoms with van der Waals surface area (Å²) in [6, 6.07) is 12.4. The lowest BCUT2D eigenvalue weighted by molar-refractivity contribution is -0.115. The molecule has 142 valence electrons. The highest BCUT2D eigenvalue weighted by Gasteiger charge is 2.23. The minimum atomic E-state index is -0.387. The normalized spacial score (nSPS) is 11.6. The van der Waals surface area contributed by atoms with Crippen molar-refractivity contribution in [2.75, 3.05) is 4.90 Å². The number of hydrogen-bond acceptors (Lipinski definition) is 4. The number of nitrogens with zero attached hydrogens (tertiary/aromatic N) is 2. The lowest BCUT2D eigenvalue weighted by Gasteiger charge is -2.26. The molecule has 0 fully saturated rings. The van der Waals surface area contributed by atoms with Crippen molar-refractivity contribution in [1.82, 2.24) is 4.98 Å². The quantitative estimate of drug-likeness (QED) is 0.277. The van der Waals surface area contributed by atoms with Gasteiger partial charge in [0.05, 0.1) is 20.3 Å². The number of aromatic amines is 1. The van der Waals surface area contributed by atoms with Gasteiger partial charge in [-0.1, -0.05) is 29.3 Å². The summed E-state index contributed by atoms with van der Waals surface area (Å²) in [4.78, 5) is 17.9. The molecule has 8 heteroatoms. The average Bonchev–Trinajstić information content (AvgIpc) is 3.01. The Morgan fingerprint density at radius 2 is 2.00 bits per heavy atom. The third kappa shape index (κ3) is 4.29. The molecule has 1 heterocycles. The number of aromatic nitrogens is 1. The van der Waals surface area contributed by atoms with Crippen LogP contribution in [0.1, 0.15) is 19.4 Å². The van der Waals surface area contributed by atoms with Crippen molar-refractivity contribution < 1.29 is 4.79 Å². The molecule has 0 aliphatic carbocycles. The summed E-state index contributed by atoms with van der Waals surface area (Å²) in [5.74, 6) is -0.387. The van der Waals surface area contributed by atoms with Crippen molar-refractivity contribution in [3.63, 3.8) is 0 Å². The van der Waals surface area contributed by atoms with Crippen LogP contribution in [0.2, 0.25) is 10.0 Å². The maximum atomic E-state index is 13.2. The lowest BCUT2D eigenvalue weighted by Crippen LogP contribution is -2.37. The highest BCUT2D eigenvalue weighted by atomic mass is 35.5. The van der Waals surface area contributed by atoms with E-state index in [9.17, 15) is 10.1 Å². The lowest BCUT2D eigenvalue weighted by atomic mass is 10.1. The van der Waals surface area contributed by atoms with Gasteiger partial charge in [0, 0.05) is 11.7 Å². The first-order valence-electron chi connectivity index (χ1n) is 8.33. The van der Waals surface area contributed by atoms with E-state index in [-0.39, 0.29) is 17.5 Å². The number of thiazole rings is 1. The second kappa shape index (κ2) is 8.46. The second-order valence-electron chi connectivity index (χ2n) is 6.31. The summed E-state index contributed by atoms with van der Waals surface area (Å²) in [5, 5.41) is 10.4. The Bertz CT molecular complexity index is 1190. The van der Waals surface area contributed by atoms with Crippen LogP contribution in [-0.4, -0.2) is 16.9 Å². The largest absolute Gasteiger partial charge is 0.337 e. The number of hydrogen-bond donors (Lipinski definition) is 1. The van der Waals surface area contributed by atoms with Crippen LogP contribution < -0.4 is 4.90 Å². The van der Waals surface area contributed by atoms with Gasteiger partial charge in [0.15, 0.2) is 3.95 Å². The predicted octanol–water partition coefficient (Wildman–Crippen LogP) is 6.61. The minimum absolute atomic E-state index is 0.00823. The summed E-state index contributed by atoms with van der Waals surface area (Å²) < 4.78 is 1.62. The first-order valence-corrected chi connectivity index (χ1v) is 10.3. The molecular formula is C20H15Cl2N3OS2. The molecular weight excluding hydrogens is 433 g/mol. The van der Waals surface area contributed by atoms with Crippen LogP contribution in [0.5, 0.6) is 0 Å². The molecule has 3 aromatic rings. The molecule has 0 unspecified atom stereocenters. The summed E-state index contributed by atoms with van der Waals surface area (Å²) in [6.45, 7) is 3.80. The molecule has 0 saturated carbocycles. The van der Waals surface area contributed by atoms with E-state index in [0.717, 1.165) is 10.2 Å². The van der Waals surface area contributed by atoms with Gasteiger partial charge in [-0.05, 0) is 68.0 Å². The van der Waals surface area contributed by atoms with Gasteiger partial charge in [-0.15, -0.1) is 11.3 Å². The van der Waals surface area contributed by atoms with Crippen molar-refractivity contribution in [2.45, 2.75) is 19.9 Å². The van der Waals surface area contributed by atoms with Gasteiger partial charge < -0.3 is 9.88 Å². The standard InChI is InChI=1S/C20H15Cl2N3OS2/c1-11(2)25(14-4-6-17-18(9-14)28-20(27)24-17)19(26)13(10-23)7-12-3-5-15(21)16(22)8-12/h3-9,11H,1-2H3,(H,24,27)/b13-7+. The van der Waals surface area contributed by atoms with E-state index in [2.05, 4.69) is 4.98 Å². The summed E-state index contributed by atoms with van der Waals surface area (Å²) in [5.41, 5.74) is 2.26. The Labute approximate surface area is 181 Å². The number of fused-ring (bicyclic) bond motifs is 1. The summed E-state index contributed by atoms with van der Waals surface area (Å²) >= 11 is 18.6. The van der Waals surface area contributed by atoms with Gasteiger partial charge in [0.1, 0.15) is 11.6 Å². The molecule has 4 nitrogen and oxygen atoms in total. The second-order valence-corrected chi connectivity index (χ2v) is 8.84. The van der Waals surface area contributed by atoms with Crippen LogP contribution >= 0.6 is 46.8 Å². The monoisotopic (exact) mass is 447 g/mol. The van der Waals surface area contributed by atoms with Crippen LogP contribution in [0.25, 0.3) is 16.3 Å². The molecule has 0 saturated heterocycles. The number of anilines is 1. The predicted molar refractivity (Wildman–Crippen MR) is 120 cm³/mol. The minimum Gasteiger partial charge on any atom is -0.337 e. The molecule has 3 rings (SSSR count). The van der Waals surface area contributed by atoms with E-state index in [4.69, 9.17) is 35.4 Å². The maximum absolute atomic E-state index is 13.2. The molecule has 0 aliphatic rings. The zero-order valence-electron chi connectivity index (χ0n) is 15.0. The maximum Gasteiger partial charge on any atom is 0.269 e. The zero-order chi connectivity index (χ0) is 20.4. The fourth-order valence-corrected chi connectivity index (χ4v) is 4.23.